The van der Waals surface area contributed by atoms with Gasteiger partial charge in [-0.25, -0.2) is 16.8 Å². The highest BCUT2D eigenvalue weighted by Crippen LogP contribution is 2.42. The fourth-order valence-electron chi connectivity index (χ4n) is 2.38. The van der Waals surface area contributed by atoms with Crippen molar-refractivity contribution in [3.8, 4) is 11.5 Å². The second-order valence-corrected chi connectivity index (χ2v) is 9.21. The molecule has 0 bridgehead atoms. The molecule has 20 heavy (non-hydrogen) atoms. The maximum atomic E-state index is 12.2. The molecule has 1 heterocycles. The van der Waals surface area contributed by atoms with E-state index in [1.54, 1.807) is 12.1 Å². The summed E-state index contributed by atoms with van der Waals surface area (Å²) in [4.78, 5) is 0. The minimum Gasteiger partial charge on any atom is -0.493 e. The second-order valence-electron chi connectivity index (χ2n) is 4.50. The van der Waals surface area contributed by atoms with Crippen molar-refractivity contribution in [3.63, 3.8) is 0 Å². The summed E-state index contributed by atoms with van der Waals surface area (Å²) in [6, 6.07) is 4.59. The Morgan fingerprint density at radius 3 is 2.10 bits per heavy atom. The van der Waals surface area contributed by atoms with Gasteiger partial charge >= 0.3 is 0 Å². The third-order valence-corrected chi connectivity index (χ3v) is 8.48. The van der Waals surface area contributed by atoms with E-state index >= 15 is 0 Å². The van der Waals surface area contributed by atoms with Crippen molar-refractivity contribution in [2.75, 3.05) is 25.7 Å². The molecule has 0 atom stereocenters. The van der Waals surface area contributed by atoms with Crippen LogP contribution in [0.4, 0.5) is 0 Å². The maximum Gasteiger partial charge on any atom is 0.191 e. The molecule has 1 aromatic rings. The van der Waals surface area contributed by atoms with Crippen molar-refractivity contribution in [1.82, 2.24) is 0 Å². The van der Waals surface area contributed by atoms with Crippen molar-refractivity contribution < 1.29 is 26.3 Å². The van der Waals surface area contributed by atoms with Crippen LogP contribution in [0, 0.1) is 0 Å². The summed E-state index contributed by atoms with van der Waals surface area (Å²) >= 11 is 0. The zero-order chi connectivity index (χ0) is 15.0. The molecule has 1 saturated heterocycles. The van der Waals surface area contributed by atoms with Gasteiger partial charge in [0.05, 0.1) is 25.7 Å². The average Bonchev–Trinajstić information content (AvgIpc) is 2.36. The van der Waals surface area contributed by atoms with Crippen molar-refractivity contribution in [3.05, 3.63) is 23.8 Å². The van der Waals surface area contributed by atoms with Gasteiger partial charge in [0.2, 0.25) is 0 Å². The van der Waals surface area contributed by atoms with Gasteiger partial charge in [-0.05, 0) is 12.5 Å². The van der Waals surface area contributed by atoms with Crippen LogP contribution in [0.5, 0.6) is 11.5 Å². The zero-order valence-electron chi connectivity index (χ0n) is 11.2. The first-order valence-corrected chi connectivity index (χ1v) is 9.40. The van der Waals surface area contributed by atoms with E-state index in [4.69, 9.17) is 9.47 Å². The monoisotopic (exact) mass is 320 g/mol. The summed E-state index contributed by atoms with van der Waals surface area (Å²) in [6.07, 6.45) is 0.132. The number of sulfone groups is 2. The lowest BCUT2D eigenvalue weighted by molar-refractivity contribution is 0.352. The van der Waals surface area contributed by atoms with Gasteiger partial charge in [0.25, 0.3) is 0 Å². The molecule has 112 valence electrons. The van der Waals surface area contributed by atoms with Crippen LogP contribution in [-0.2, 0) is 19.7 Å². The van der Waals surface area contributed by atoms with Gasteiger partial charge in [-0.3, -0.25) is 0 Å². The number of hydrogen-bond acceptors (Lipinski definition) is 6. The summed E-state index contributed by atoms with van der Waals surface area (Å²) in [7, 11) is -4.77. The van der Waals surface area contributed by atoms with E-state index in [1.165, 1.54) is 20.3 Å². The quantitative estimate of drug-likeness (QED) is 0.823. The first kappa shape index (κ1) is 15.1. The van der Waals surface area contributed by atoms with Gasteiger partial charge in [0.1, 0.15) is 0 Å². The summed E-state index contributed by atoms with van der Waals surface area (Å²) < 4.78 is 57.4. The van der Waals surface area contributed by atoms with E-state index in [2.05, 4.69) is 0 Å². The standard InChI is InChI=1S/C12H16O6S2/c1-17-10-6-3-5-9(11(10)18-2)12-19(13,14)7-4-8-20(12,15)16/h3,5-6,12H,4,7-8H2,1-2H3. The van der Waals surface area contributed by atoms with Gasteiger partial charge in [-0.2, -0.15) is 0 Å². The molecule has 0 aliphatic carbocycles. The minimum absolute atomic E-state index is 0.117. The first-order chi connectivity index (χ1) is 9.33. The van der Waals surface area contributed by atoms with Gasteiger partial charge in [-0.1, -0.05) is 12.1 Å². The summed E-state index contributed by atoms with van der Waals surface area (Å²) in [5, 5.41) is 0. The topological polar surface area (TPSA) is 86.7 Å². The molecule has 0 unspecified atom stereocenters. The normalized spacial score (nSPS) is 21.3. The van der Waals surface area contributed by atoms with E-state index in [9.17, 15) is 16.8 Å². The SMILES string of the molecule is COc1cccc(C2S(=O)(=O)CCCS2(=O)=O)c1OC. The Morgan fingerprint density at radius 2 is 1.60 bits per heavy atom. The Labute approximate surface area is 118 Å². The molecule has 1 aliphatic heterocycles. The van der Waals surface area contributed by atoms with Crippen LogP contribution in [0.1, 0.15) is 16.6 Å². The number of methoxy groups -OCH3 is 2. The molecule has 2 rings (SSSR count). The molecule has 0 spiro atoms. The minimum atomic E-state index is -3.77. The third-order valence-electron chi connectivity index (χ3n) is 3.20. The van der Waals surface area contributed by atoms with E-state index in [0.29, 0.717) is 5.75 Å². The molecule has 0 N–H and O–H groups in total. The largest absolute Gasteiger partial charge is 0.493 e. The van der Waals surface area contributed by atoms with E-state index in [0.717, 1.165) is 0 Å². The van der Waals surface area contributed by atoms with Crippen molar-refractivity contribution in [1.29, 1.82) is 0 Å². The molecule has 1 aliphatic rings. The zero-order valence-corrected chi connectivity index (χ0v) is 12.8. The average molecular weight is 320 g/mol. The molecule has 0 amide bonds. The van der Waals surface area contributed by atoms with Crippen molar-refractivity contribution in [2.45, 2.75) is 11.0 Å². The van der Waals surface area contributed by atoms with Gasteiger partial charge < -0.3 is 9.47 Å². The molecule has 0 aromatic heterocycles. The van der Waals surface area contributed by atoms with Crippen molar-refractivity contribution >= 4 is 19.7 Å². The fourth-order valence-corrected chi connectivity index (χ4v) is 7.60. The molecule has 0 radical (unpaired) electrons. The van der Waals surface area contributed by atoms with Gasteiger partial charge in [0, 0.05) is 5.56 Å². The third kappa shape index (κ3) is 2.49. The lowest BCUT2D eigenvalue weighted by Gasteiger charge is -2.25. The van der Waals surface area contributed by atoms with Crippen LogP contribution in [0.15, 0.2) is 18.2 Å². The summed E-state index contributed by atoms with van der Waals surface area (Å²) in [5.74, 6) is 0.171. The first-order valence-electron chi connectivity index (χ1n) is 5.97. The predicted octanol–water partition coefficient (Wildman–Crippen LogP) is 0.936. The molecule has 6 nitrogen and oxygen atoms in total. The highest BCUT2D eigenvalue weighted by molar-refractivity contribution is 8.09. The summed E-state index contributed by atoms with van der Waals surface area (Å²) in [6.45, 7) is 0. The lowest BCUT2D eigenvalue weighted by atomic mass is 10.2. The number of para-hydroxylation sites is 1. The Bertz CT molecular complexity index is 671. The molecular weight excluding hydrogens is 304 g/mol. The second kappa shape index (κ2) is 5.25. The summed E-state index contributed by atoms with van der Waals surface area (Å²) in [5.41, 5.74) is 0.117. The van der Waals surface area contributed by atoms with E-state index < -0.39 is 24.3 Å². The Hall–Kier alpha value is -1.28. The van der Waals surface area contributed by atoms with Crippen LogP contribution in [-0.4, -0.2) is 42.6 Å². The molecule has 0 saturated carbocycles. The van der Waals surface area contributed by atoms with Gasteiger partial charge in [0.15, 0.2) is 35.8 Å². The van der Waals surface area contributed by atoms with Crippen LogP contribution in [0.2, 0.25) is 0 Å². The van der Waals surface area contributed by atoms with Crippen LogP contribution < -0.4 is 9.47 Å². The Balaban J connectivity index is 2.71. The molecule has 1 fully saturated rings. The molecule has 1 aromatic carbocycles. The number of hydrogen-bond donors (Lipinski definition) is 0. The molecular formula is C12H16O6S2. The molecule has 8 heteroatoms. The highest BCUT2D eigenvalue weighted by atomic mass is 32.3. The highest BCUT2D eigenvalue weighted by Gasteiger charge is 2.44. The van der Waals surface area contributed by atoms with Crippen LogP contribution in [0.3, 0.4) is 0 Å². The maximum absolute atomic E-state index is 12.2. The van der Waals surface area contributed by atoms with Crippen LogP contribution in [0.25, 0.3) is 0 Å². The van der Waals surface area contributed by atoms with Crippen molar-refractivity contribution in [2.24, 2.45) is 0 Å². The Morgan fingerprint density at radius 1 is 1.00 bits per heavy atom. The van der Waals surface area contributed by atoms with Gasteiger partial charge in [-0.15, -0.1) is 0 Å². The smallest absolute Gasteiger partial charge is 0.191 e. The predicted molar refractivity (Wildman–Crippen MR) is 74.5 cm³/mol. The number of benzene rings is 1. The van der Waals surface area contributed by atoms with Crippen LogP contribution >= 0.6 is 0 Å². The number of rotatable bonds is 3. The van der Waals surface area contributed by atoms with E-state index in [1.807, 2.05) is 0 Å². The van der Waals surface area contributed by atoms with E-state index in [-0.39, 0.29) is 29.2 Å². The Kier molecular flexibility index (Phi) is 3.97. The lowest BCUT2D eigenvalue weighted by Crippen LogP contribution is -2.33. The fraction of sp³-hybridized carbons (Fsp3) is 0.500. The number of ether oxygens (including phenoxy) is 2.